The van der Waals surface area contributed by atoms with Crippen LogP contribution in [0.1, 0.15) is 39.6 Å². The summed E-state index contributed by atoms with van der Waals surface area (Å²) in [5.41, 5.74) is 1.77. The van der Waals surface area contributed by atoms with E-state index >= 15 is 0 Å². The van der Waals surface area contributed by atoms with E-state index in [1.165, 1.54) is 0 Å². The van der Waals surface area contributed by atoms with Crippen LogP contribution in [0, 0.1) is 0 Å². The van der Waals surface area contributed by atoms with Crippen molar-refractivity contribution in [2.75, 3.05) is 18.6 Å². The maximum atomic E-state index is 13.4. The van der Waals surface area contributed by atoms with Crippen LogP contribution in [0.25, 0.3) is 0 Å². The maximum Gasteiger partial charge on any atom is 0.262 e. The largest absolute Gasteiger partial charge is 0.337 e. The molecule has 0 saturated heterocycles. The van der Waals surface area contributed by atoms with Gasteiger partial charge >= 0.3 is 0 Å². The fourth-order valence-electron chi connectivity index (χ4n) is 3.44. The molecular weight excluding hydrogens is 372 g/mol. The number of benzene rings is 2. The average molecular weight is 397 g/mol. The predicted octanol–water partition coefficient (Wildman–Crippen LogP) is 3.45. The molecule has 146 valence electrons. The summed E-state index contributed by atoms with van der Waals surface area (Å²) in [6, 6.07) is 15.7. The molecule has 0 bridgehead atoms. The van der Waals surface area contributed by atoms with E-state index in [0.717, 1.165) is 10.5 Å². The van der Waals surface area contributed by atoms with Crippen molar-refractivity contribution < 1.29 is 14.4 Å². The number of hydrogen-bond donors (Lipinski definition) is 0. The summed E-state index contributed by atoms with van der Waals surface area (Å²) in [6.07, 6.45) is 2.39. The molecule has 0 N–H and O–H groups in total. The van der Waals surface area contributed by atoms with Crippen molar-refractivity contribution in [1.82, 2.24) is 9.80 Å². The molecule has 1 unspecified atom stereocenters. The van der Waals surface area contributed by atoms with Gasteiger partial charge in [0.1, 0.15) is 6.04 Å². The Morgan fingerprint density at radius 2 is 1.57 bits per heavy atom. The van der Waals surface area contributed by atoms with E-state index in [1.807, 2.05) is 43.5 Å². The standard InChI is InChI=1S/C22H24N2O3S/c1-3-23(15-16-9-5-4-6-10-16)22(27)19(13-14-28-2)24-20(25)17-11-7-8-12-18(17)21(24)26/h4-12,19H,3,13-15H2,1-2H3. The van der Waals surface area contributed by atoms with Crippen LogP contribution in [0.4, 0.5) is 0 Å². The van der Waals surface area contributed by atoms with Crippen LogP contribution >= 0.6 is 11.8 Å². The van der Waals surface area contributed by atoms with Gasteiger partial charge in [-0.1, -0.05) is 42.5 Å². The molecule has 3 amide bonds. The fourth-order valence-corrected chi connectivity index (χ4v) is 3.90. The molecule has 0 spiro atoms. The monoisotopic (exact) mass is 396 g/mol. The number of rotatable bonds is 8. The molecule has 1 aliphatic heterocycles. The number of hydrogen-bond acceptors (Lipinski definition) is 4. The second kappa shape index (κ2) is 9.06. The van der Waals surface area contributed by atoms with Crippen LogP contribution in [0.3, 0.4) is 0 Å². The van der Waals surface area contributed by atoms with Crippen molar-refractivity contribution in [3.8, 4) is 0 Å². The lowest BCUT2D eigenvalue weighted by atomic mass is 10.1. The SMILES string of the molecule is CCN(Cc1ccccc1)C(=O)C(CCSC)N1C(=O)c2ccccc2C1=O. The molecular formula is C22H24N2O3S. The van der Waals surface area contributed by atoms with E-state index in [1.54, 1.807) is 40.9 Å². The fraction of sp³-hybridized carbons (Fsp3) is 0.318. The number of nitrogens with zero attached hydrogens (tertiary/aromatic N) is 2. The maximum absolute atomic E-state index is 13.4. The van der Waals surface area contributed by atoms with Gasteiger partial charge in [-0.15, -0.1) is 0 Å². The molecule has 2 aromatic carbocycles. The number of carbonyl (C=O) groups is 3. The normalized spacial score (nSPS) is 14.1. The first-order valence-electron chi connectivity index (χ1n) is 9.37. The summed E-state index contributed by atoms with van der Waals surface area (Å²) in [4.78, 5) is 42.1. The van der Waals surface area contributed by atoms with Gasteiger partial charge in [0.15, 0.2) is 0 Å². The van der Waals surface area contributed by atoms with Crippen molar-refractivity contribution in [3.63, 3.8) is 0 Å². The van der Waals surface area contributed by atoms with Crippen LogP contribution in [-0.4, -0.2) is 52.1 Å². The Morgan fingerprint density at radius 3 is 2.11 bits per heavy atom. The van der Waals surface area contributed by atoms with Gasteiger partial charge in [-0.25, -0.2) is 0 Å². The molecule has 6 heteroatoms. The summed E-state index contributed by atoms with van der Waals surface area (Å²) in [5.74, 6) is -0.256. The summed E-state index contributed by atoms with van der Waals surface area (Å²) < 4.78 is 0. The minimum atomic E-state index is -0.788. The lowest BCUT2D eigenvalue weighted by molar-refractivity contribution is -0.136. The zero-order valence-electron chi connectivity index (χ0n) is 16.1. The van der Waals surface area contributed by atoms with Gasteiger partial charge < -0.3 is 4.90 Å². The van der Waals surface area contributed by atoms with Gasteiger partial charge in [0.25, 0.3) is 11.8 Å². The Balaban J connectivity index is 1.88. The Morgan fingerprint density at radius 1 is 1.00 bits per heavy atom. The number of carbonyl (C=O) groups excluding carboxylic acids is 3. The molecule has 2 aromatic rings. The third-order valence-corrected chi connectivity index (χ3v) is 5.57. The van der Waals surface area contributed by atoms with Crippen molar-refractivity contribution >= 4 is 29.5 Å². The van der Waals surface area contributed by atoms with Crippen LogP contribution < -0.4 is 0 Å². The molecule has 1 aliphatic rings. The first-order chi connectivity index (χ1) is 13.6. The number of thioether (sulfide) groups is 1. The third kappa shape index (κ3) is 3.97. The summed E-state index contributed by atoms with van der Waals surface area (Å²) in [7, 11) is 0. The lowest BCUT2D eigenvalue weighted by Gasteiger charge is -2.31. The van der Waals surface area contributed by atoms with Gasteiger partial charge in [-0.3, -0.25) is 19.3 Å². The van der Waals surface area contributed by atoms with Crippen LogP contribution in [0.5, 0.6) is 0 Å². The highest BCUT2D eigenvalue weighted by molar-refractivity contribution is 7.98. The molecule has 0 saturated carbocycles. The molecule has 0 radical (unpaired) electrons. The molecule has 28 heavy (non-hydrogen) atoms. The zero-order chi connectivity index (χ0) is 20.1. The van der Waals surface area contributed by atoms with E-state index in [9.17, 15) is 14.4 Å². The number of amides is 3. The quantitative estimate of drug-likeness (QED) is 0.641. The second-order valence-corrected chi connectivity index (χ2v) is 7.65. The zero-order valence-corrected chi connectivity index (χ0v) is 16.9. The van der Waals surface area contributed by atoms with Crippen LogP contribution in [0.2, 0.25) is 0 Å². The molecule has 3 rings (SSSR count). The first kappa shape index (κ1) is 20.1. The summed E-state index contributed by atoms with van der Waals surface area (Å²) in [5, 5.41) is 0. The summed E-state index contributed by atoms with van der Waals surface area (Å²) >= 11 is 1.60. The highest BCUT2D eigenvalue weighted by Crippen LogP contribution is 2.27. The van der Waals surface area contributed by atoms with Crippen molar-refractivity contribution in [2.24, 2.45) is 0 Å². The van der Waals surface area contributed by atoms with Crippen molar-refractivity contribution in [1.29, 1.82) is 0 Å². The van der Waals surface area contributed by atoms with E-state index < -0.39 is 6.04 Å². The molecule has 1 atom stereocenters. The lowest BCUT2D eigenvalue weighted by Crippen LogP contribution is -2.51. The van der Waals surface area contributed by atoms with E-state index in [4.69, 9.17) is 0 Å². The molecule has 0 fully saturated rings. The van der Waals surface area contributed by atoms with Crippen molar-refractivity contribution in [3.05, 3.63) is 71.3 Å². The van der Waals surface area contributed by atoms with E-state index in [2.05, 4.69) is 0 Å². The Kier molecular flexibility index (Phi) is 6.52. The smallest absolute Gasteiger partial charge is 0.262 e. The van der Waals surface area contributed by atoms with Crippen LogP contribution in [-0.2, 0) is 11.3 Å². The number of fused-ring (bicyclic) bond motifs is 1. The van der Waals surface area contributed by atoms with Gasteiger partial charge in [-0.05, 0) is 43.0 Å². The van der Waals surface area contributed by atoms with Gasteiger partial charge in [0.2, 0.25) is 5.91 Å². The Bertz CT molecular complexity index is 834. The minimum absolute atomic E-state index is 0.185. The second-order valence-electron chi connectivity index (χ2n) is 6.66. The molecule has 0 aliphatic carbocycles. The Hall–Kier alpha value is -2.60. The number of likely N-dealkylation sites (N-methyl/N-ethyl adjacent to an activating group) is 1. The number of imide groups is 1. The summed E-state index contributed by atoms with van der Waals surface area (Å²) in [6.45, 7) is 2.87. The highest BCUT2D eigenvalue weighted by atomic mass is 32.2. The van der Waals surface area contributed by atoms with Gasteiger partial charge in [0, 0.05) is 13.1 Å². The van der Waals surface area contributed by atoms with Gasteiger partial charge in [0.05, 0.1) is 11.1 Å². The molecule has 0 aromatic heterocycles. The topological polar surface area (TPSA) is 57.7 Å². The highest BCUT2D eigenvalue weighted by Gasteiger charge is 2.43. The van der Waals surface area contributed by atoms with E-state index in [0.29, 0.717) is 36.4 Å². The minimum Gasteiger partial charge on any atom is -0.337 e. The van der Waals surface area contributed by atoms with Crippen LogP contribution in [0.15, 0.2) is 54.6 Å². The van der Waals surface area contributed by atoms with Gasteiger partial charge in [-0.2, -0.15) is 11.8 Å². The molecule has 5 nitrogen and oxygen atoms in total. The van der Waals surface area contributed by atoms with Crippen molar-refractivity contribution in [2.45, 2.75) is 25.9 Å². The predicted molar refractivity (Wildman–Crippen MR) is 111 cm³/mol. The van der Waals surface area contributed by atoms with E-state index in [-0.39, 0.29) is 17.7 Å². The first-order valence-corrected chi connectivity index (χ1v) is 10.8. The third-order valence-electron chi connectivity index (χ3n) is 4.93. The average Bonchev–Trinajstić information content (AvgIpc) is 2.98. The Labute approximate surface area is 169 Å². The molecule has 1 heterocycles.